The molecule has 1 aromatic rings. The van der Waals surface area contributed by atoms with Crippen LogP contribution in [0.1, 0.15) is 48.2 Å². The Balaban J connectivity index is 1.69. The number of nitrogens with zero attached hydrogens (tertiary/aromatic N) is 2. The number of phenols is 1. The highest BCUT2D eigenvalue weighted by molar-refractivity contribution is 6.15. The van der Waals surface area contributed by atoms with E-state index in [0.29, 0.717) is 16.8 Å². The molecule has 3 aliphatic carbocycles. The number of epoxide rings is 1. The molecule has 2 unspecified atom stereocenters. The molecule has 4 aliphatic rings. The standard InChI is InChI=1S/C29H38N4O8/c1-12(34)10-27(2,31)11-14-9-17(32(3)4)15-7-13-8-16-21(33(5)6)24(37)20(26(30)39)29(40)28(16,41-29)25(38)18(13)23(36)19(15)22(14)35/h9,13,16,21,35,37-38,40H,7-8,10-11,31H2,1-6H3,(H2,30,39)/t13-,16-,21-,27?,28-,29?/m0/s1. The summed E-state index contributed by atoms with van der Waals surface area (Å²) in [5, 5.41) is 45.6. The predicted molar refractivity (Wildman–Crippen MR) is 148 cm³/mol. The molecule has 1 aromatic carbocycles. The first kappa shape index (κ1) is 29.1. The van der Waals surface area contributed by atoms with E-state index in [1.807, 2.05) is 19.0 Å². The number of hydrogen-bond acceptors (Lipinski definition) is 11. The number of rotatable bonds is 7. The van der Waals surface area contributed by atoms with Gasteiger partial charge >= 0.3 is 0 Å². The van der Waals surface area contributed by atoms with E-state index < -0.39 is 63.6 Å². The Morgan fingerprint density at radius 1 is 1.20 bits per heavy atom. The highest BCUT2D eigenvalue weighted by Crippen LogP contribution is 2.68. The van der Waals surface area contributed by atoms with Crippen LogP contribution in [0.4, 0.5) is 5.69 Å². The number of ether oxygens (including phenoxy) is 1. The lowest BCUT2D eigenvalue weighted by atomic mass is 9.60. The Kier molecular flexibility index (Phi) is 6.39. The monoisotopic (exact) mass is 570 g/mol. The fourth-order valence-electron chi connectivity index (χ4n) is 7.56. The number of phenolic OH excluding ortho intramolecular Hbond substituents is 1. The second-order valence-electron chi connectivity index (χ2n) is 12.7. The van der Waals surface area contributed by atoms with E-state index in [1.54, 1.807) is 32.0 Å². The highest BCUT2D eigenvalue weighted by atomic mass is 16.8. The van der Waals surface area contributed by atoms with Gasteiger partial charge in [0.15, 0.2) is 11.4 Å². The van der Waals surface area contributed by atoms with Crippen LogP contribution in [0.5, 0.6) is 5.75 Å². The molecule has 1 fully saturated rings. The molecule has 1 spiro atoms. The molecule has 0 aromatic heterocycles. The molecule has 6 atom stereocenters. The maximum Gasteiger partial charge on any atom is 0.253 e. The van der Waals surface area contributed by atoms with Crippen LogP contribution in [0.15, 0.2) is 28.7 Å². The van der Waals surface area contributed by atoms with E-state index in [2.05, 4.69) is 0 Å². The number of allylic oxidation sites excluding steroid dienone is 1. The number of carbonyl (C=O) groups excluding carboxylic acids is 3. The second kappa shape index (κ2) is 9.02. The van der Waals surface area contributed by atoms with Crippen LogP contribution in [0.3, 0.4) is 0 Å². The van der Waals surface area contributed by atoms with Crippen LogP contribution in [-0.2, 0) is 27.2 Å². The minimum atomic E-state index is -2.41. The average molecular weight is 571 g/mol. The number of likely N-dealkylation sites (N-methyl/N-ethyl adjacent to an activating group) is 1. The molecular weight excluding hydrogens is 532 g/mol. The van der Waals surface area contributed by atoms with Crippen molar-refractivity contribution in [3.05, 3.63) is 45.4 Å². The predicted octanol–water partition coefficient (Wildman–Crippen LogP) is 0.583. The molecule has 5 rings (SSSR count). The van der Waals surface area contributed by atoms with Crippen LogP contribution < -0.4 is 16.4 Å². The minimum Gasteiger partial charge on any atom is -0.510 e. The van der Waals surface area contributed by atoms with Gasteiger partial charge in [0.2, 0.25) is 5.79 Å². The lowest BCUT2D eigenvalue weighted by molar-refractivity contribution is -0.118. The van der Waals surface area contributed by atoms with Gasteiger partial charge in [0, 0.05) is 43.2 Å². The van der Waals surface area contributed by atoms with Crippen molar-refractivity contribution in [3.8, 4) is 5.75 Å². The Morgan fingerprint density at radius 2 is 1.83 bits per heavy atom. The maximum atomic E-state index is 14.2. The molecule has 0 radical (unpaired) electrons. The summed E-state index contributed by atoms with van der Waals surface area (Å²) in [6.45, 7) is 3.13. The summed E-state index contributed by atoms with van der Waals surface area (Å²) in [5.74, 6) is -6.78. The number of aromatic hydroxyl groups is 1. The quantitative estimate of drug-likeness (QED) is 0.250. The van der Waals surface area contributed by atoms with Crippen molar-refractivity contribution >= 4 is 23.2 Å². The molecule has 1 heterocycles. The fraction of sp³-hybridized carbons (Fsp3) is 0.552. The lowest BCUT2D eigenvalue weighted by Crippen LogP contribution is -2.57. The van der Waals surface area contributed by atoms with Crippen molar-refractivity contribution in [2.75, 3.05) is 33.1 Å². The number of fused-ring (bicyclic) bond motifs is 2. The summed E-state index contributed by atoms with van der Waals surface area (Å²) >= 11 is 0. The van der Waals surface area contributed by atoms with Crippen LogP contribution in [0, 0.1) is 11.8 Å². The first-order chi connectivity index (χ1) is 18.9. The molecule has 222 valence electrons. The Labute approximate surface area is 237 Å². The zero-order valence-corrected chi connectivity index (χ0v) is 24.1. The molecule has 12 nitrogen and oxygen atoms in total. The van der Waals surface area contributed by atoms with Gasteiger partial charge in [0.25, 0.3) is 5.91 Å². The number of ketones is 2. The summed E-state index contributed by atoms with van der Waals surface area (Å²) in [6.07, 6.45) is 0.673. The summed E-state index contributed by atoms with van der Waals surface area (Å²) < 4.78 is 5.73. The number of amides is 1. The van der Waals surface area contributed by atoms with Gasteiger partial charge in [0.05, 0.1) is 11.6 Å². The molecule has 1 aliphatic heterocycles. The topological polar surface area (TPSA) is 203 Å². The fourth-order valence-corrected chi connectivity index (χ4v) is 7.56. The normalized spacial score (nSPS) is 31.6. The summed E-state index contributed by atoms with van der Waals surface area (Å²) in [4.78, 5) is 41.8. The van der Waals surface area contributed by atoms with Gasteiger partial charge < -0.3 is 41.5 Å². The molecule has 0 bridgehead atoms. The Bertz CT molecular complexity index is 1460. The summed E-state index contributed by atoms with van der Waals surface area (Å²) in [6, 6.07) is 0.929. The third-order valence-electron chi connectivity index (χ3n) is 9.02. The first-order valence-corrected chi connectivity index (χ1v) is 13.5. The van der Waals surface area contributed by atoms with Crippen LogP contribution >= 0.6 is 0 Å². The van der Waals surface area contributed by atoms with Gasteiger partial charge in [-0.25, -0.2) is 0 Å². The van der Waals surface area contributed by atoms with Gasteiger partial charge in [-0.2, -0.15) is 0 Å². The number of hydrogen-bond donors (Lipinski definition) is 6. The third-order valence-corrected chi connectivity index (χ3v) is 9.02. The minimum absolute atomic E-state index is 0.00940. The van der Waals surface area contributed by atoms with Crippen molar-refractivity contribution < 1.29 is 39.5 Å². The summed E-state index contributed by atoms with van der Waals surface area (Å²) in [7, 11) is 6.98. The van der Waals surface area contributed by atoms with E-state index in [-0.39, 0.29) is 48.4 Å². The molecule has 0 saturated carbocycles. The Morgan fingerprint density at radius 3 is 2.37 bits per heavy atom. The van der Waals surface area contributed by atoms with Gasteiger partial charge in [-0.3, -0.25) is 19.3 Å². The van der Waals surface area contributed by atoms with E-state index in [1.165, 1.54) is 6.92 Å². The first-order valence-electron chi connectivity index (χ1n) is 13.5. The number of Topliss-reactive ketones (excluding diaryl/α,β-unsaturated/α-hetero) is 2. The van der Waals surface area contributed by atoms with Gasteiger partial charge in [0.1, 0.15) is 28.6 Å². The smallest absolute Gasteiger partial charge is 0.253 e. The summed E-state index contributed by atoms with van der Waals surface area (Å²) in [5.41, 5.74) is 10.1. The molecule has 12 heteroatoms. The largest absolute Gasteiger partial charge is 0.510 e. The number of aliphatic hydroxyl groups excluding tert-OH is 2. The SMILES string of the molecule is CC(=O)CC(C)(N)Cc1cc(N(C)C)c2c(c1O)C(=O)C1=C(O)[C@]34OC3(O)C(C(N)=O)=C(O)[C@@H](N(C)C)[C@@H]4C[C@@H]1C2. The number of carbonyl (C=O) groups is 3. The van der Waals surface area contributed by atoms with E-state index in [0.717, 1.165) is 0 Å². The van der Waals surface area contributed by atoms with Crippen molar-refractivity contribution in [2.24, 2.45) is 23.3 Å². The van der Waals surface area contributed by atoms with Gasteiger partial charge in [-0.05, 0) is 70.3 Å². The highest BCUT2D eigenvalue weighted by Gasteiger charge is 2.84. The second-order valence-corrected chi connectivity index (χ2v) is 12.7. The van der Waals surface area contributed by atoms with E-state index in [9.17, 15) is 34.8 Å². The van der Waals surface area contributed by atoms with Crippen molar-refractivity contribution in [1.82, 2.24) is 4.90 Å². The van der Waals surface area contributed by atoms with Crippen molar-refractivity contribution in [3.63, 3.8) is 0 Å². The van der Waals surface area contributed by atoms with Crippen molar-refractivity contribution in [2.45, 2.75) is 62.5 Å². The van der Waals surface area contributed by atoms with Crippen LogP contribution in [0.25, 0.3) is 0 Å². The van der Waals surface area contributed by atoms with Gasteiger partial charge in [-0.1, -0.05) is 0 Å². The molecule has 1 amide bonds. The number of nitrogens with two attached hydrogens (primary N) is 2. The Hall–Kier alpha value is -3.45. The number of anilines is 1. The van der Waals surface area contributed by atoms with Crippen LogP contribution in [0.2, 0.25) is 0 Å². The maximum absolute atomic E-state index is 14.2. The molecular formula is C29H38N4O8. The third kappa shape index (κ3) is 3.92. The number of benzene rings is 1. The van der Waals surface area contributed by atoms with Gasteiger partial charge in [-0.15, -0.1) is 0 Å². The zero-order chi connectivity index (χ0) is 30.6. The average Bonchev–Trinajstić information content (AvgIpc) is 3.44. The van der Waals surface area contributed by atoms with Crippen LogP contribution in [-0.4, -0.2) is 94.0 Å². The van der Waals surface area contributed by atoms with Crippen molar-refractivity contribution in [1.29, 1.82) is 0 Å². The molecule has 8 N–H and O–H groups in total. The molecule has 41 heavy (non-hydrogen) atoms. The molecule has 1 saturated heterocycles. The van der Waals surface area contributed by atoms with E-state index in [4.69, 9.17) is 16.2 Å². The lowest BCUT2D eigenvalue weighted by Gasteiger charge is -2.46. The number of primary amides is 1. The number of aliphatic hydroxyl groups is 3. The zero-order valence-electron chi connectivity index (χ0n) is 24.1. The van der Waals surface area contributed by atoms with E-state index >= 15 is 0 Å².